The normalized spacial score (nSPS) is 23.0. The van der Waals surface area contributed by atoms with Crippen molar-refractivity contribution in [3.05, 3.63) is 88.8 Å². The number of Topliss-reactive ketones (excluding diaryl/α,β-unsaturated/α-hetero) is 1. The summed E-state index contributed by atoms with van der Waals surface area (Å²) >= 11 is 6.36. The molecule has 1 spiro atoms. The van der Waals surface area contributed by atoms with Gasteiger partial charge in [-0.2, -0.15) is 5.10 Å². The Morgan fingerprint density at radius 3 is 2.50 bits per heavy atom. The molecule has 2 aliphatic rings. The SMILES string of the molecule is O=C(CC1CC2(CC(CO)C2)C1)c1cc(Cl)cc2cnn(Cc3ccc(-c4ccccc4)cc3F)c12. The number of halogens is 2. The van der Waals surface area contributed by atoms with Crippen molar-refractivity contribution < 1.29 is 14.3 Å². The third-order valence-electron chi connectivity index (χ3n) is 8.10. The monoisotopic (exact) mass is 502 g/mol. The standard InChI is InChI=1S/C30H28ClFN2O2/c31-25-9-24-16-33-34(17-23-7-6-22(10-27(23)32)21-4-2-1-3-5-21)29(24)26(11-25)28(36)8-19-12-30(13-19)14-20(15-30)18-35/h1-7,9-11,16,19-20,35H,8,12-15,17-18H2. The Labute approximate surface area is 214 Å². The fraction of sp³-hybridized carbons (Fsp3) is 0.333. The van der Waals surface area contributed by atoms with Gasteiger partial charge in [0.05, 0.1) is 18.3 Å². The summed E-state index contributed by atoms with van der Waals surface area (Å²) in [4.78, 5) is 13.4. The van der Waals surface area contributed by atoms with Gasteiger partial charge in [0.25, 0.3) is 0 Å². The van der Waals surface area contributed by atoms with E-state index in [-0.39, 0.29) is 24.8 Å². The minimum atomic E-state index is -0.303. The van der Waals surface area contributed by atoms with Crippen molar-refractivity contribution in [2.45, 2.75) is 38.6 Å². The smallest absolute Gasteiger partial charge is 0.165 e. The summed E-state index contributed by atoms with van der Waals surface area (Å²) in [5.41, 5.74) is 3.90. The summed E-state index contributed by atoms with van der Waals surface area (Å²) < 4.78 is 16.8. The van der Waals surface area contributed by atoms with Crippen LogP contribution in [0.4, 0.5) is 4.39 Å². The van der Waals surface area contributed by atoms with Gasteiger partial charge in [-0.3, -0.25) is 9.48 Å². The molecule has 4 aromatic rings. The first-order valence-corrected chi connectivity index (χ1v) is 12.9. The maximum Gasteiger partial charge on any atom is 0.165 e. The number of aliphatic hydroxyl groups is 1. The molecule has 36 heavy (non-hydrogen) atoms. The van der Waals surface area contributed by atoms with E-state index in [9.17, 15) is 9.90 Å². The van der Waals surface area contributed by atoms with Crippen LogP contribution in [0.25, 0.3) is 22.0 Å². The lowest BCUT2D eigenvalue weighted by atomic mass is 9.47. The third kappa shape index (κ3) is 4.25. The van der Waals surface area contributed by atoms with Crippen LogP contribution in [0.1, 0.15) is 48.0 Å². The molecule has 2 fully saturated rings. The van der Waals surface area contributed by atoms with Gasteiger partial charge >= 0.3 is 0 Å². The summed E-state index contributed by atoms with van der Waals surface area (Å²) in [5, 5.41) is 15.1. The second-order valence-corrected chi connectivity index (χ2v) is 11.2. The molecule has 2 saturated carbocycles. The van der Waals surface area contributed by atoms with Crippen LogP contribution in [0, 0.1) is 23.1 Å². The first kappa shape index (κ1) is 23.4. The Hall–Kier alpha value is -3.02. The Balaban J connectivity index is 1.23. The lowest BCUT2D eigenvalue weighted by Crippen LogP contribution is -2.48. The molecule has 1 aromatic heterocycles. The van der Waals surface area contributed by atoms with Gasteiger partial charge in [0, 0.05) is 34.6 Å². The summed E-state index contributed by atoms with van der Waals surface area (Å²) in [6.45, 7) is 0.493. The molecule has 0 aliphatic heterocycles. The maximum atomic E-state index is 15.1. The summed E-state index contributed by atoms with van der Waals surface area (Å²) in [6, 6.07) is 18.5. The fourth-order valence-electron chi connectivity index (χ4n) is 6.48. The Morgan fingerprint density at radius 1 is 1.03 bits per heavy atom. The lowest BCUT2D eigenvalue weighted by Gasteiger charge is -2.57. The number of carbonyl (C=O) groups is 1. The lowest BCUT2D eigenvalue weighted by molar-refractivity contribution is -0.0824. The van der Waals surface area contributed by atoms with Crippen molar-refractivity contribution in [1.82, 2.24) is 9.78 Å². The molecule has 0 bridgehead atoms. The van der Waals surface area contributed by atoms with Gasteiger partial charge in [0.15, 0.2) is 5.78 Å². The highest BCUT2D eigenvalue weighted by atomic mass is 35.5. The predicted molar refractivity (Wildman–Crippen MR) is 140 cm³/mol. The predicted octanol–water partition coefficient (Wildman–Crippen LogP) is 6.92. The molecular formula is C30H28ClFN2O2. The van der Waals surface area contributed by atoms with E-state index >= 15 is 4.39 Å². The highest BCUT2D eigenvalue weighted by molar-refractivity contribution is 6.32. The Bertz CT molecular complexity index is 1430. The first-order chi connectivity index (χ1) is 17.4. The topological polar surface area (TPSA) is 55.1 Å². The van der Waals surface area contributed by atoms with Gasteiger partial charge in [-0.05, 0) is 72.3 Å². The van der Waals surface area contributed by atoms with Crippen molar-refractivity contribution in [3.63, 3.8) is 0 Å². The molecule has 0 atom stereocenters. The average molecular weight is 503 g/mol. The quantitative estimate of drug-likeness (QED) is 0.279. The Morgan fingerprint density at radius 2 is 1.78 bits per heavy atom. The van der Waals surface area contributed by atoms with Crippen molar-refractivity contribution in [3.8, 4) is 11.1 Å². The number of aromatic nitrogens is 2. The number of nitrogens with zero attached hydrogens (tertiary/aromatic N) is 2. The third-order valence-corrected chi connectivity index (χ3v) is 8.32. The molecule has 3 aromatic carbocycles. The van der Waals surface area contributed by atoms with Gasteiger partial charge in [-0.15, -0.1) is 0 Å². The minimum Gasteiger partial charge on any atom is -0.396 e. The molecule has 1 heterocycles. The number of benzene rings is 3. The molecule has 6 heteroatoms. The van der Waals surface area contributed by atoms with Crippen molar-refractivity contribution in [2.24, 2.45) is 17.3 Å². The van der Waals surface area contributed by atoms with Gasteiger partial charge in [0.2, 0.25) is 0 Å². The second-order valence-electron chi connectivity index (χ2n) is 10.7. The van der Waals surface area contributed by atoms with Crippen LogP contribution in [0.2, 0.25) is 5.02 Å². The van der Waals surface area contributed by atoms with Crippen molar-refractivity contribution in [1.29, 1.82) is 0 Å². The van der Waals surface area contributed by atoms with Gasteiger partial charge < -0.3 is 5.11 Å². The first-order valence-electron chi connectivity index (χ1n) is 12.6. The average Bonchev–Trinajstić information content (AvgIpc) is 3.23. The molecule has 0 amide bonds. The fourth-order valence-corrected chi connectivity index (χ4v) is 6.71. The molecule has 6 rings (SSSR count). The van der Waals surface area contributed by atoms with Crippen LogP contribution in [0.3, 0.4) is 0 Å². The summed E-state index contributed by atoms with van der Waals surface area (Å²) in [6.07, 6.45) is 6.44. The zero-order valence-corrected chi connectivity index (χ0v) is 20.7. The number of hydrogen-bond donors (Lipinski definition) is 1. The minimum absolute atomic E-state index is 0.0574. The Kier molecular flexibility index (Phi) is 5.93. The molecule has 2 aliphatic carbocycles. The van der Waals surface area contributed by atoms with Gasteiger partial charge in [0.1, 0.15) is 5.82 Å². The van der Waals surface area contributed by atoms with Gasteiger partial charge in [-0.1, -0.05) is 54.1 Å². The molecular weight excluding hydrogens is 475 g/mol. The number of aliphatic hydroxyl groups excluding tert-OH is 1. The van der Waals surface area contributed by atoms with Crippen LogP contribution in [0.5, 0.6) is 0 Å². The number of fused-ring (bicyclic) bond motifs is 1. The molecule has 184 valence electrons. The van der Waals surface area contributed by atoms with E-state index in [4.69, 9.17) is 11.6 Å². The molecule has 0 saturated heterocycles. The van der Waals surface area contributed by atoms with Crippen LogP contribution < -0.4 is 0 Å². The van der Waals surface area contributed by atoms with Crippen molar-refractivity contribution >= 4 is 28.3 Å². The van der Waals surface area contributed by atoms with Gasteiger partial charge in [-0.25, -0.2) is 4.39 Å². The number of ketones is 1. The highest BCUT2D eigenvalue weighted by Gasteiger charge is 2.52. The van der Waals surface area contributed by atoms with Crippen LogP contribution in [0.15, 0.2) is 66.9 Å². The van der Waals surface area contributed by atoms with Crippen LogP contribution >= 0.6 is 11.6 Å². The second kappa shape index (κ2) is 9.13. The number of rotatable bonds is 7. The molecule has 0 radical (unpaired) electrons. The van der Waals surface area contributed by atoms with Crippen LogP contribution in [-0.4, -0.2) is 27.3 Å². The largest absolute Gasteiger partial charge is 0.396 e. The number of carbonyl (C=O) groups excluding carboxylic acids is 1. The van der Waals surface area contributed by atoms with Crippen molar-refractivity contribution in [2.75, 3.05) is 6.61 Å². The van der Waals surface area contributed by atoms with E-state index in [0.717, 1.165) is 42.2 Å². The van der Waals surface area contributed by atoms with Crippen LogP contribution in [-0.2, 0) is 6.54 Å². The zero-order chi connectivity index (χ0) is 24.9. The highest BCUT2D eigenvalue weighted by Crippen LogP contribution is 2.61. The van der Waals surface area contributed by atoms with E-state index in [1.807, 2.05) is 36.4 Å². The summed E-state index contributed by atoms with van der Waals surface area (Å²) in [7, 11) is 0. The molecule has 4 nitrogen and oxygen atoms in total. The maximum absolute atomic E-state index is 15.1. The van der Waals surface area contributed by atoms with E-state index in [1.54, 1.807) is 35.1 Å². The molecule has 0 unspecified atom stereocenters. The van der Waals surface area contributed by atoms with E-state index in [0.29, 0.717) is 45.3 Å². The number of hydrogen-bond acceptors (Lipinski definition) is 3. The van der Waals surface area contributed by atoms with E-state index in [1.165, 1.54) is 0 Å². The zero-order valence-electron chi connectivity index (χ0n) is 20.0. The van der Waals surface area contributed by atoms with E-state index < -0.39 is 0 Å². The summed E-state index contributed by atoms with van der Waals surface area (Å²) in [5.74, 6) is 0.557. The van der Waals surface area contributed by atoms with E-state index in [2.05, 4.69) is 5.10 Å². The molecule has 1 N–H and O–H groups in total.